The van der Waals surface area contributed by atoms with Gasteiger partial charge in [-0.05, 0) is 48.4 Å². The van der Waals surface area contributed by atoms with Crippen LogP contribution in [0.5, 0.6) is 5.75 Å². The molecule has 5 heteroatoms. The maximum atomic E-state index is 13.2. The van der Waals surface area contributed by atoms with Gasteiger partial charge in [-0.15, -0.1) is 0 Å². The highest BCUT2D eigenvalue weighted by molar-refractivity contribution is 7.89. The van der Waals surface area contributed by atoms with Gasteiger partial charge in [0.1, 0.15) is 5.75 Å². The molecular formula is C25H23NO3S. The Balaban J connectivity index is 1.89. The standard InChI is InChI=1S/C25H23NO3S/c1-17-7-11-20(12-8-17)25(26-30(28,29)21-14-9-18(2)10-15-21)24-22-6-4-3-5-19(22)13-16-23(24)27/h3-16,25-27H,1-2H3. The van der Waals surface area contributed by atoms with Crippen molar-refractivity contribution >= 4 is 20.8 Å². The van der Waals surface area contributed by atoms with Crippen LogP contribution in [0.3, 0.4) is 0 Å². The van der Waals surface area contributed by atoms with E-state index in [1.165, 1.54) is 0 Å². The molecule has 4 aromatic carbocycles. The molecular weight excluding hydrogens is 394 g/mol. The topological polar surface area (TPSA) is 66.4 Å². The van der Waals surface area contributed by atoms with E-state index in [9.17, 15) is 13.5 Å². The largest absolute Gasteiger partial charge is 0.508 e. The summed E-state index contributed by atoms with van der Waals surface area (Å²) >= 11 is 0. The molecule has 2 N–H and O–H groups in total. The third kappa shape index (κ3) is 3.95. The van der Waals surface area contributed by atoms with Crippen LogP contribution < -0.4 is 4.72 Å². The van der Waals surface area contributed by atoms with Crippen LogP contribution >= 0.6 is 0 Å². The summed E-state index contributed by atoms with van der Waals surface area (Å²) < 4.78 is 29.3. The highest BCUT2D eigenvalue weighted by Crippen LogP contribution is 2.36. The summed E-state index contributed by atoms with van der Waals surface area (Å²) in [5.74, 6) is 0.0471. The Morgan fingerprint density at radius 2 is 1.37 bits per heavy atom. The number of phenolic OH excluding ortho intramolecular Hbond substituents is 1. The second kappa shape index (κ2) is 7.94. The smallest absolute Gasteiger partial charge is 0.241 e. The molecule has 0 heterocycles. The van der Waals surface area contributed by atoms with Gasteiger partial charge >= 0.3 is 0 Å². The quantitative estimate of drug-likeness (QED) is 0.467. The molecule has 1 unspecified atom stereocenters. The predicted octanol–water partition coefficient (Wildman–Crippen LogP) is 5.23. The highest BCUT2D eigenvalue weighted by atomic mass is 32.2. The van der Waals surface area contributed by atoms with Gasteiger partial charge in [-0.2, -0.15) is 4.72 Å². The molecule has 30 heavy (non-hydrogen) atoms. The van der Waals surface area contributed by atoms with Gasteiger partial charge in [-0.1, -0.05) is 77.9 Å². The van der Waals surface area contributed by atoms with Crippen molar-refractivity contribution in [2.24, 2.45) is 0 Å². The Morgan fingerprint density at radius 1 is 0.767 bits per heavy atom. The maximum Gasteiger partial charge on any atom is 0.241 e. The number of rotatable bonds is 5. The molecule has 0 fully saturated rings. The number of hydrogen-bond donors (Lipinski definition) is 2. The van der Waals surface area contributed by atoms with Gasteiger partial charge < -0.3 is 5.11 Å². The summed E-state index contributed by atoms with van der Waals surface area (Å²) in [6.45, 7) is 3.89. The van der Waals surface area contributed by atoms with Crippen molar-refractivity contribution in [1.29, 1.82) is 0 Å². The number of aromatic hydroxyl groups is 1. The molecule has 0 spiro atoms. The highest BCUT2D eigenvalue weighted by Gasteiger charge is 2.26. The average molecular weight is 418 g/mol. The average Bonchev–Trinajstić information content (AvgIpc) is 2.73. The lowest BCUT2D eigenvalue weighted by Gasteiger charge is -2.23. The minimum Gasteiger partial charge on any atom is -0.508 e. The molecule has 0 aliphatic rings. The van der Waals surface area contributed by atoms with Gasteiger partial charge in [0.25, 0.3) is 0 Å². The molecule has 0 amide bonds. The summed E-state index contributed by atoms with van der Waals surface area (Å²) in [4.78, 5) is 0.185. The van der Waals surface area contributed by atoms with Gasteiger partial charge in [0.15, 0.2) is 0 Å². The van der Waals surface area contributed by atoms with Crippen molar-refractivity contribution in [2.45, 2.75) is 24.8 Å². The van der Waals surface area contributed by atoms with Crippen molar-refractivity contribution in [2.75, 3.05) is 0 Å². The lowest BCUT2D eigenvalue weighted by Crippen LogP contribution is -2.29. The van der Waals surface area contributed by atoms with Crippen molar-refractivity contribution in [3.8, 4) is 5.75 Å². The van der Waals surface area contributed by atoms with Gasteiger partial charge in [-0.25, -0.2) is 8.42 Å². The van der Waals surface area contributed by atoms with Gasteiger partial charge in [0.2, 0.25) is 10.0 Å². The van der Waals surface area contributed by atoms with Crippen molar-refractivity contribution in [1.82, 2.24) is 4.72 Å². The van der Waals surface area contributed by atoms with E-state index in [1.54, 1.807) is 30.3 Å². The van der Waals surface area contributed by atoms with Crippen LogP contribution in [0, 0.1) is 13.8 Å². The fourth-order valence-electron chi connectivity index (χ4n) is 3.58. The lowest BCUT2D eigenvalue weighted by atomic mass is 9.93. The molecule has 4 rings (SSSR count). The summed E-state index contributed by atoms with van der Waals surface area (Å²) in [6, 6.07) is 24.7. The lowest BCUT2D eigenvalue weighted by molar-refractivity contribution is 0.464. The molecule has 0 bridgehead atoms. The van der Waals surface area contributed by atoms with E-state index in [0.717, 1.165) is 27.5 Å². The molecule has 0 aliphatic heterocycles. The Hall–Kier alpha value is -3.15. The number of aryl methyl sites for hydroxylation is 2. The van der Waals surface area contributed by atoms with Gasteiger partial charge in [0.05, 0.1) is 10.9 Å². The zero-order chi connectivity index (χ0) is 21.3. The first kappa shape index (κ1) is 20.1. The number of nitrogens with one attached hydrogen (secondary N) is 1. The molecule has 1 atom stereocenters. The van der Waals surface area contributed by atoms with E-state index in [4.69, 9.17) is 0 Å². The molecule has 4 aromatic rings. The first-order valence-electron chi connectivity index (χ1n) is 9.71. The first-order valence-corrected chi connectivity index (χ1v) is 11.2. The molecule has 152 valence electrons. The minimum atomic E-state index is -3.83. The number of phenols is 1. The fourth-order valence-corrected chi connectivity index (χ4v) is 4.78. The molecule has 0 saturated heterocycles. The molecule has 0 aliphatic carbocycles. The Bertz CT molecular complexity index is 1290. The predicted molar refractivity (Wildman–Crippen MR) is 120 cm³/mol. The molecule has 0 aromatic heterocycles. The van der Waals surface area contributed by atoms with E-state index in [0.29, 0.717) is 5.56 Å². The van der Waals surface area contributed by atoms with E-state index < -0.39 is 16.1 Å². The number of sulfonamides is 1. The van der Waals surface area contributed by atoms with Crippen LogP contribution in [0.1, 0.15) is 28.3 Å². The van der Waals surface area contributed by atoms with Crippen LogP contribution in [-0.4, -0.2) is 13.5 Å². The minimum absolute atomic E-state index is 0.0471. The van der Waals surface area contributed by atoms with E-state index in [2.05, 4.69) is 4.72 Å². The van der Waals surface area contributed by atoms with Crippen LogP contribution in [0.15, 0.2) is 89.8 Å². The normalized spacial score (nSPS) is 12.7. The monoisotopic (exact) mass is 417 g/mol. The van der Waals surface area contributed by atoms with E-state index in [1.807, 2.05) is 68.4 Å². The first-order chi connectivity index (χ1) is 14.3. The zero-order valence-corrected chi connectivity index (χ0v) is 17.6. The van der Waals surface area contributed by atoms with Crippen LogP contribution in [0.4, 0.5) is 0 Å². The number of fused-ring (bicyclic) bond motifs is 1. The number of benzene rings is 4. The summed E-state index contributed by atoms with van der Waals surface area (Å²) in [5.41, 5.74) is 3.34. The van der Waals surface area contributed by atoms with E-state index >= 15 is 0 Å². The molecule has 0 saturated carbocycles. The van der Waals surface area contributed by atoms with E-state index in [-0.39, 0.29) is 10.6 Å². The van der Waals surface area contributed by atoms with Crippen molar-refractivity contribution in [3.63, 3.8) is 0 Å². The summed E-state index contributed by atoms with van der Waals surface area (Å²) in [7, 11) is -3.83. The molecule has 4 nitrogen and oxygen atoms in total. The Kier molecular flexibility index (Phi) is 5.33. The summed E-state index contributed by atoms with van der Waals surface area (Å²) in [5, 5.41) is 12.5. The fraction of sp³-hybridized carbons (Fsp3) is 0.120. The van der Waals surface area contributed by atoms with Crippen LogP contribution in [0.25, 0.3) is 10.8 Å². The second-order valence-electron chi connectivity index (χ2n) is 7.50. The summed E-state index contributed by atoms with van der Waals surface area (Å²) in [6.07, 6.45) is 0. The van der Waals surface area contributed by atoms with Crippen molar-refractivity contribution < 1.29 is 13.5 Å². The van der Waals surface area contributed by atoms with Crippen molar-refractivity contribution in [3.05, 3.63) is 107 Å². The van der Waals surface area contributed by atoms with Crippen LogP contribution in [0.2, 0.25) is 0 Å². The third-order valence-electron chi connectivity index (χ3n) is 5.25. The number of hydrogen-bond acceptors (Lipinski definition) is 3. The van der Waals surface area contributed by atoms with Crippen LogP contribution in [-0.2, 0) is 10.0 Å². The zero-order valence-electron chi connectivity index (χ0n) is 16.8. The van der Waals surface area contributed by atoms with Gasteiger partial charge in [-0.3, -0.25) is 0 Å². The van der Waals surface area contributed by atoms with Gasteiger partial charge in [0, 0.05) is 5.56 Å². The second-order valence-corrected chi connectivity index (χ2v) is 9.21. The SMILES string of the molecule is Cc1ccc(C(NS(=O)(=O)c2ccc(C)cc2)c2c(O)ccc3ccccc23)cc1. The molecule has 0 radical (unpaired) electrons. The third-order valence-corrected chi connectivity index (χ3v) is 6.69. The maximum absolute atomic E-state index is 13.2. The Labute approximate surface area is 176 Å². The Morgan fingerprint density at radius 3 is 2.03 bits per heavy atom.